The highest BCUT2D eigenvalue weighted by atomic mass is 16.6. The normalized spacial score (nSPS) is 18.4. The number of nitro benzene ring substituents is 1. The summed E-state index contributed by atoms with van der Waals surface area (Å²) >= 11 is 0. The van der Waals surface area contributed by atoms with Gasteiger partial charge in [0.2, 0.25) is 0 Å². The van der Waals surface area contributed by atoms with E-state index in [4.69, 9.17) is 0 Å². The van der Waals surface area contributed by atoms with E-state index in [1.807, 2.05) is 13.8 Å². The maximum Gasteiger partial charge on any atom is 0.269 e. The minimum absolute atomic E-state index is 0.103. The van der Waals surface area contributed by atoms with E-state index in [-0.39, 0.29) is 21.8 Å². The van der Waals surface area contributed by atoms with Crippen molar-refractivity contribution in [2.45, 2.75) is 38.5 Å². The van der Waals surface area contributed by atoms with E-state index >= 15 is 0 Å². The second-order valence-electron chi connectivity index (χ2n) is 5.20. The summed E-state index contributed by atoms with van der Waals surface area (Å²) in [6.07, 6.45) is 1.70. The molecular formula is C13H15NO3. The Morgan fingerprint density at radius 3 is 2.71 bits per heavy atom. The van der Waals surface area contributed by atoms with Crippen molar-refractivity contribution in [3.8, 4) is 0 Å². The third-order valence-corrected chi connectivity index (χ3v) is 3.45. The van der Waals surface area contributed by atoms with Crippen LogP contribution in [-0.4, -0.2) is 10.7 Å². The third-order valence-electron chi connectivity index (χ3n) is 3.45. The fourth-order valence-electron chi connectivity index (χ4n) is 2.35. The number of fused-ring (bicyclic) bond motifs is 1. The van der Waals surface area contributed by atoms with Gasteiger partial charge in [0.05, 0.1) is 4.92 Å². The summed E-state index contributed by atoms with van der Waals surface area (Å²) in [5.74, 6) is 0.214. The van der Waals surface area contributed by atoms with E-state index in [0.717, 1.165) is 17.5 Å². The quantitative estimate of drug-likeness (QED) is 0.425. The van der Waals surface area contributed by atoms with Crippen LogP contribution in [-0.2, 0) is 16.6 Å². The van der Waals surface area contributed by atoms with E-state index in [1.165, 1.54) is 6.07 Å². The standard InChI is InChI=1S/C13H15NO3/c1-13(2)6-5-11(15)7-9-3-4-10(14(16)17)8-12(9)13/h3-4,8H,5-7H2,1-2H3. The number of carbonyl (C=O) groups excluding carboxylic acids is 1. The van der Waals surface area contributed by atoms with Crippen molar-refractivity contribution in [2.24, 2.45) is 0 Å². The van der Waals surface area contributed by atoms with Crippen LogP contribution in [0.25, 0.3) is 0 Å². The summed E-state index contributed by atoms with van der Waals surface area (Å²) < 4.78 is 0. The van der Waals surface area contributed by atoms with Gasteiger partial charge in [0, 0.05) is 25.0 Å². The molecule has 2 rings (SSSR count). The van der Waals surface area contributed by atoms with Gasteiger partial charge in [-0.2, -0.15) is 0 Å². The first kappa shape index (κ1) is 11.8. The molecule has 90 valence electrons. The van der Waals surface area contributed by atoms with Gasteiger partial charge in [-0.3, -0.25) is 14.9 Å². The molecule has 0 saturated carbocycles. The number of nitrogens with zero attached hydrogens (tertiary/aromatic N) is 1. The van der Waals surface area contributed by atoms with Crippen LogP contribution < -0.4 is 0 Å². The first-order chi connectivity index (χ1) is 7.90. The molecule has 0 radical (unpaired) electrons. The van der Waals surface area contributed by atoms with Crippen molar-refractivity contribution in [1.29, 1.82) is 0 Å². The number of hydrogen-bond acceptors (Lipinski definition) is 3. The van der Waals surface area contributed by atoms with Crippen molar-refractivity contribution >= 4 is 11.5 Å². The molecule has 0 atom stereocenters. The van der Waals surface area contributed by atoms with Crippen LogP contribution in [0.3, 0.4) is 0 Å². The van der Waals surface area contributed by atoms with E-state index in [9.17, 15) is 14.9 Å². The Bertz CT molecular complexity index is 491. The SMILES string of the molecule is CC1(C)CCC(=O)Cc2ccc([N+](=O)[O-])cc21. The van der Waals surface area contributed by atoms with E-state index < -0.39 is 0 Å². The highest BCUT2D eigenvalue weighted by Gasteiger charge is 2.29. The minimum Gasteiger partial charge on any atom is -0.299 e. The van der Waals surface area contributed by atoms with Crippen LogP contribution in [0.5, 0.6) is 0 Å². The van der Waals surface area contributed by atoms with E-state index in [2.05, 4.69) is 0 Å². The lowest BCUT2D eigenvalue weighted by molar-refractivity contribution is -0.385. The molecular weight excluding hydrogens is 218 g/mol. The van der Waals surface area contributed by atoms with Gasteiger partial charge in [0.15, 0.2) is 0 Å². The predicted molar refractivity (Wildman–Crippen MR) is 64.1 cm³/mol. The van der Waals surface area contributed by atoms with Crippen molar-refractivity contribution in [1.82, 2.24) is 0 Å². The summed E-state index contributed by atoms with van der Waals surface area (Å²) in [4.78, 5) is 22.0. The lowest BCUT2D eigenvalue weighted by Crippen LogP contribution is -2.17. The first-order valence-corrected chi connectivity index (χ1v) is 5.70. The van der Waals surface area contributed by atoms with Crippen LogP contribution in [0.15, 0.2) is 18.2 Å². The van der Waals surface area contributed by atoms with Gasteiger partial charge in [0.25, 0.3) is 5.69 Å². The molecule has 0 unspecified atom stereocenters. The van der Waals surface area contributed by atoms with Crippen molar-refractivity contribution < 1.29 is 9.72 Å². The molecule has 0 spiro atoms. The summed E-state index contributed by atoms with van der Waals surface area (Å²) in [5, 5.41) is 10.8. The molecule has 0 aromatic heterocycles. The number of ketones is 1. The molecule has 1 aromatic carbocycles. The molecule has 0 N–H and O–H groups in total. The van der Waals surface area contributed by atoms with Gasteiger partial charge in [-0.05, 0) is 23.0 Å². The molecule has 0 aliphatic heterocycles. The Morgan fingerprint density at radius 1 is 1.35 bits per heavy atom. The van der Waals surface area contributed by atoms with Crippen molar-refractivity contribution in [3.63, 3.8) is 0 Å². The second kappa shape index (κ2) is 3.95. The summed E-state index contributed by atoms with van der Waals surface area (Å²) in [6, 6.07) is 4.82. The number of nitro groups is 1. The fraction of sp³-hybridized carbons (Fsp3) is 0.462. The zero-order chi connectivity index (χ0) is 12.6. The lowest BCUT2D eigenvalue weighted by Gasteiger charge is -2.24. The highest BCUT2D eigenvalue weighted by Crippen LogP contribution is 2.36. The molecule has 1 aliphatic carbocycles. The Labute approximate surface area is 99.8 Å². The largest absolute Gasteiger partial charge is 0.299 e. The van der Waals surface area contributed by atoms with Crippen molar-refractivity contribution in [3.05, 3.63) is 39.4 Å². The molecule has 0 heterocycles. The number of benzene rings is 1. The average Bonchev–Trinajstić information content (AvgIpc) is 2.36. The molecule has 1 aromatic rings. The molecule has 0 bridgehead atoms. The number of rotatable bonds is 1. The fourth-order valence-corrected chi connectivity index (χ4v) is 2.35. The van der Waals surface area contributed by atoms with Gasteiger partial charge in [-0.15, -0.1) is 0 Å². The average molecular weight is 233 g/mol. The third kappa shape index (κ3) is 2.20. The van der Waals surface area contributed by atoms with Crippen LogP contribution in [0, 0.1) is 10.1 Å². The number of carbonyl (C=O) groups is 1. The molecule has 0 fully saturated rings. The van der Waals surface area contributed by atoms with Crippen LogP contribution in [0.4, 0.5) is 5.69 Å². The zero-order valence-corrected chi connectivity index (χ0v) is 10.0. The van der Waals surface area contributed by atoms with Gasteiger partial charge >= 0.3 is 0 Å². The Morgan fingerprint density at radius 2 is 2.06 bits per heavy atom. The number of Topliss-reactive ketones (excluding diaryl/α,β-unsaturated/α-hetero) is 1. The van der Waals surface area contributed by atoms with Gasteiger partial charge in [0.1, 0.15) is 5.78 Å². The lowest BCUT2D eigenvalue weighted by atomic mass is 9.79. The van der Waals surface area contributed by atoms with Gasteiger partial charge in [-0.25, -0.2) is 0 Å². The Kier molecular flexibility index (Phi) is 2.73. The number of hydrogen-bond donors (Lipinski definition) is 0. The maximum absolute atomic E-state index is 11.6. The summed E-state index contributed by atoms with van der Waals surface area (Å²) in [5.41, 5.74) is 1.81. The van der Waals surface area contributed by atoms with Crippen LogP contribution in [0.2, 0.25) is 0 Å². The monoisotopic (exact) mass is 233 g/mol. The molecule has 1 aliphatic rings. The topological polar surface area (TPSA) is 60.2 Å². The van der Waals surface area contributed by atoms with Gasteiger partial charge < -0.3 is 0 Å². The molecule has 0 saturated heterocycles. The predicted octanol–water partition coefficient (Wildman–Crippen LogP) is 2.78. The van der Waals surface area contributed by atoms with Gasteiger partial charge in [-0.1, -0.05) is 19.9 Å². The zero-order valence-electron chi connectivity index (χ0n) is 10.0. The van der Waals surface area contributed by atoms with E-state index in [1.54, 1.807) is 12.1 Å². The second-order valence-corrected chi connectivity index (χ2v) is 5.20. The molecule has 4 nitrogen and oxygen atoms in total. The maximum atomic E-state index is 11.6. The van der Waals surface area contributed by atoms with Crippen LogP contribution in [0.1, 0.15) is 37.8 Å². The molecule has 4 heteroatoms. The molecule has 17 heavy (non-hydrogen) atoms. The highest BCUT2D eigenvalue weighted by molar-refractivity contribution is 5.82. The van der Waals surface area contributed by atoms with Crippen LogP contribution >= 0.6 is 0 Å². The number of non-ortho nitro benzene ring substituents is 1. The first-order valence-electron chi connectivity index (χ1n) is 5.70. The minimum atomic E-state index is -0.386. The summed E-state index contributed by atoms with van der Waals surface area (Å²) in [7, 11) is 0. The summed E-state index contributed by atoms with van der Waals surface area (Å²) in [6.45, 7) is 4.07. The van der Waals surface area contributed by atoms with E-state index in [0.29, 0.717) is 12.8 Å². The Balaban J connectivity index is 2.56. The molecule has 0 amide bonds. The smallest absolute Gasteiger partial charge is 0.269 e. The Hall–Kier alpha value is -1.71. The van der Waals surface area contributed by atoms with Crippen molar-refractivity contribution in [2.75, 3.05) is 0 Å².